The second kappa shape index (κ2) is 10.2. The molecule has 0 aromatic heterocycles. The van der Waals surface area contributed by atoms with Crippen LogP contribution in [0.15, 0.2) is 42.5 Å². The molecule has 1 unspecified atom stereocenters. The lowest BCUT2D eigenvalue weighted by Gasteiger charge is -2.32. The van der Waals surface area contributed by atoms with Gasteiger partial charge in [-0.05, 0) is 41.3 Å². The number of carbonyl (C=O) groups excluding carboxylic acids is 3. The van der Waals surface area contributed by atoms with Gasteiger partial charge >= 0.3 is 0 Å². The Kier molecular flexibility index (Phi) is 7.14. The summed E-state index contributed by atoms with van der Waals surface area (Å²) in [5.74, 6) is -0.178. The van der Waals surface area contributed by atoms with E-state index >= 15 is 0 Å². The van der Waals surface area contributed by atoms with E-state index in [0.29, 0.717) is 31.7 Å². The highest BCUT2D eigenvalue weighted by atomic mass is 16.5. The number of carbonyl (C=O) groups is 3. The fraction of sp³-hybridized carbons (Fsp3) is 0.400. The monoisotopic (exact) mass is 466 g/mol. The molecule has 2 heterocycles. The Hall–Kier alpha value is -3.43. The summed E-state index contributed by atoms with van der Waals surface area (Å²) >= 11 is 0. The van der Waals surface area contributed by atoms with Crippen LogP contribution in [0.3, 0.4) is 0 Å². The van der Waals surface area contributed by atoms with Crippen LogP contribution in [0.5, 0.6) is 5.75 Å². The minimum Gasteiger partial charge on any atom is -0.484 e. The molecule has 2 atom stereocenters. The molecule has 34 heavy (non-hydrogen) atoms. The molecule has 9 nitrogen and oxygen atoms in total. The van der Waals surface area contributed by atoms with Crippen LogP contribution in [-0.4, -0.2) is 72.0 Å². The summed E-state index contributed by atoms with van der Waals surface area (Å²) in [6.45, 7) is 1.64. The van der Waals surface area contributed by atoms with Gasteiger partial charge in [-0.3, -0.25) is 19.3 Å². The molecule has 2 aromatic carbocycles. The summed E-state index contributed by atoms with van der Waals surface area (Å²) in [5.41, 5.74) is 8.58. The lowest BCUT2D eigenvalue weighted by Crippen LogP contribution is -2.39. The van der Waals surface area contributed by atoms with Crippen LogP contribution in [0.4, 0.5) is 5.69 Å². The average molecular weight is 467 g/mol. The Bertz CT molecular complexity index is 1090. The number of anilines is 1. The number of likely N-dealkylation sites (tertiary alicyclic amines) is 1. The molecule has 4 N–H and O–H groups in total. The van der Waals surface area contributed by atoms with Gasteiger partial charge in [-0.15, -0.1) is 0 Å². The number of nitrogens with zero attached hydrogens (tertiary/aromatic N) is 2. The molecule has 2 aliphatic rings. The van der Waals surface area contributed by atoms with Gasteiger partial charge in [0.2, 0.25) is 11.8 Å². The molecule has 1 saturated heterocycles. The summed E-state index contributed by atoms with van der Waals surface area (Å²) < 4.78 is 5.47. The number of primary amides is 1. The number of benzene rings is 2. The van der Waals surface area contributed by atoms with E-state index in [2.05, 4.69) is 10.2 Å². The van der Waals surface area contributed by atoms with Gasteiger partial charge in [-0.25, -0.2) is 0 Å². The predicted molar refractivity (Wildman–Crippen MR) is 126 cm³/mol. The van der Waals surface area contributed by atoms with Gasteiger partial charge in [0.05, 0.1) is 25.0 Å². The van der Waals surface area contributed by atoms with Gasteiger partial charge in [-0.2, -0.15) is 0 Å². The third-order valence-corrected chi connectivity index (χ3v) is 6.32. The van der Waals surface area contributed by atoms with Crippen LogP contribution in [0.25, 0.3) is 0 Å². The van der Waals surface area contributed by atoms with Gasteiger partial charge in [0.15, 0.2) is 6.61 Å². The maximum atomic E-state index is 13.3. The van der Waals surface area contributed by atoms with E-state index in [4.69, 9.17) is 10.5 Å². The first-order valence-corrected chi connectivity index (χ1v) is 11.4. The first kappa shape index (κ1) is 23.7. The molecular formula is C25H30N4O5. The van der Waals surface area contributed by atoms with Crippen LogP contribution in [0.1, 0.15) is 29.2 Å². The smallest absolute Gasteiger partial charge is 0.255 e. The Labute approximate surface area is 198 Å². The molecule has 1 fully saturated rings. The lowest BCUT2D eigenvalue weighted by molar-refractivity contribution is -0.131. The normalized spacial score (nSPS) is 18.3. The zero-order chi connectivity index (χ0) is 24.2. The number of β-amino-alcohol motifs (C(OH)–C–C–N with tert-alkyl or cyclic N) is 1. The maximum absolute atomic E-state index is 13.3. The van der Waals surface area contributed by atoms with E-state index in [0.717, 1.165) is 28.9 Å². The number of hydrogen-bond donors (Lipinski definition) is 3. The SMILES string of the molecule is CN(C(=O)Cc1ccc2c(c1)NC(=O)C2)[C@H](CN1CCC(O)C1)c1cccc(OCC(N)=O)c1. The number of aliphatic hydroxyl groups is 1. The fourth-order valence-electron chi connectivity index (χ4n) is 4.48. The van der Waals surface area contributed by atoms with Crippen molar-refractivity contribution in [3.8, 4) is 5.75 Å². The van der Waals surface area contributed by atoms with Crippen LogP contribution in [0, 0.1) is 0 Å². The Balaban J connectivity index is 1.52. The van der Waals surface area contributed by atoms with E-state index in [1.54, 1.807) is 18.0 Å². The molecule has 0 bridgehead atoms. The summed E-state index contributed by atoms with van der Waals surface area (Å²) in [4.78, 5) is 39.9. The first-order valence-electron chi connectivity index (χ1n) is 11.4. The summed E-state index contributed by atoms with van der Waals surface area (Å²) in [7, 11) is 1.77. The van der Waals surface area contributed by atoms with Crippen molar-refractivity contribution in [1.29, 1.82) is 0 Å². The average Bonchev–Trinajstić information content (AvgIpc) is 3.39. The second-order valence-electron chi connectivity index (χ2n) is 8.94. The molecule has 2 aromatic rings. The van der Waals surface area contributed by atoms with Crippen molar-refractivity contribution in [3.05, 3.63) is 59.2 Å². The first-order chi connectivity index (χ1) is 16.3. The molecule has 0 spiro atoms. The summed E-state index contributed by atoms with van der Waals surface area (Å²) in [6.07, 6.45) is 0.888. The number of nitrogens with two attached hydrogens (primary N) is 1. The highest BCUT2D eigenvalue weighted by Crippen LogP contribution is 2.28. The molecule has 4 rings (SSSR count). The largest absolute Gasteiger partial charge is 0.484 e. The maximum Gasteiger partial charge on any atom is 0.255 e. The summed E-state index contributed by atoms with van der Waals surface area (Å²) in [5, 5.41) is 12.8. The number of rotatable bonds is 9. The Morgan fingerprint density at radius 2 is 2.12 bits per heavy atom. The van der Waals surface area contributed by atoms with Gasteiger partial charge in [0, 0.05) is 32.4 Å². The number of nitrogens with one attached hydrogen (secondary N) is 1. The van der Waals surface area contributed by atoms with Crippen LogP contribution in [0.2, 0.25) is 0 Å². The molecule has 0 radical (unpaired) electrons. The molecule has 180 valence electrons. The Morgan fingerprint density at radius 1 is 1.29 bits per heavy atom. The predicted octanol–water partition coefficient (Wildman–Crippen LogP) is 0.854. The highest BCUT2D eigenvalue weighted by molar-refractivity contribution is 5.99. The summed E-state index contributed by atoms with van der Waals surface area (Å²) in [6, 6.07) is 12.6. The number of aliphatic hydroxyl groups excluding tert-OH is 1. The zero-order valence-electron chi connectivity index (χ0n) is 19.2. The lowest BCUT2D eigenvalue weighted by atomic mass is 10.0. The van der Waals surface area contributed by atoms with Gasteiger partial charge in [0.1, 0.15) is 5.75 Å². The van der Waals surface area contributed by atoms with Crippen molar-refractivity contribution < 1.29 is 24.2 Å². The second-order valence-corrected chi connectivity index (χ2v) is 8.94. The van der Waals surface area contributed by atoms with E-state index in [1.807, 2.05) is 36.4 Å². The standard InChI is InChI=1S/C25H30N4O5/c1-28(25(33)10-16-5-6-17-12-24(32)27-21(17)9-16)22(14-29-8-7-19(30)13-29)18-3-2-4-20(11-18)34-15-23(26)31/h2-6,9,11,19,22,30H,7-8,10,12-15H2,1H3,(H2,26,31)(H,27,32)/t19?,22-/m1/s1. The van der Waals surface area contributed by atoms with Crippen molar-refractivity contribution in [2.75, 3.05) is 38.6 Å². The minimum atomic E-state index is -0.564. The van der Waals surface area contributed by atoms with Gasteiger partial charge in [0.25, 0.3) is 5.91 Å². The third kappa shape index (κ3) is 5.73. The van der Waals surface area contributed by atoms with Crippen LogP contribution in [-0.2, 0) is 27.2 Å². The van der Waals surface area contributed by atoms with E-state index in [-0.39, 0.29) is 37.0 Å². The van der Waals surface area contributed by atoms with Crippen molar-refractivity contribution in [1.82, 2.24) is 9.80 Å². The number of ether oxygens (including phenoxy) is 1. The topological polar surface area (TPSA) is 125 Å². The zero-order valence-corrected chi connectivity index (χ0v) is 19.2. The van der Waals surface area contributed by atoms with E-state index in [9.17, 15) is 19.5 Å². The number of amides is 3. The molecular weight excluding hydrogens is 436 g/mol. The number of likely N-dealkylation sites (N-methyl/N-ethyl adjacent to an activating group) is 1. The fourth-order valence-corrected chi connectivity index (χ4v) is 4.48. The Morgan fingerprint density at radius 3 is 2.85 bits per heavy atom. The van der Waals surface area contributed by atoms with Crippen LogP contribution >= 0.6 is 0 Å². The molecule has 0 aliphatic carbocycles. The van der Waals surface area contributed by atoms with E-state index in [1.165, 1.54) is 0 Å². The number of hydrogen-bond acceptors (Lipinski definition) is 6. The van der Waals surface area contributed by atoms with Crippen molar-refractivity contribution in [2.24, 2.45) is 5.73 Å². The quantitative estimate of drug-likeness (QED) is 0.503. The minimum absolute atomic E-state index is 0.0399. The molecule has 0 saturated carbocycles. The van der Waals surface area contributed by atoms with Crippen molar-refractivity contribution in [2.45, 2.75) is 31.4 Å². The third-order valence-electron chi connectivity index (χ3n) is 6.32. The molecule has 3 amide bonds. The highest BCUT2D eigenvalue weighted by Gasteiger charge is 2.29. The number of fused-ring (bicyclic) bond motifs is 1. The van der Waals surface area contributed by atoms with Crippen molar-refractivity contribution in [3.63, 3.8) is 0 Å². The van der Waals surface area contributed by atoms with Crippen molar-refractivity contribution >= 4 is 23.4 Å². The van der Waals surface area contributed by atoms with Crippen LogP contribution < -0.4 is 15.8 Å². The van der Waals surface area contributed by atoms with E-state index < -0.39 is 5.91 Å². The molecule has 2 aliphatic heterocycles. The van der Waals surface area contributed by atoms with Gasteiger partial charge in [-0.1, -0.05) is 24.3 Å². The van der Waals surface area contributed by atoms with Gasteiger partial charge < -0.3 is 25.8 Å². The molecule has 9 heteroatoms.